The number of aromatic nitrogens is 3. The molecule has 1 spiro atoms. The molecule has 15 heteroatoms. The zero-order chi connectivity index (χ0) is 30.9. The monoisotopic (exact) mass is 631 g/mol. The van der Waals surface area contributed by atoms with E-state index >= 15 is 4.39 Å². The van der Waals surface area contributed by atoms with Gasteiger partial charge >= 0.3 is 0 Å². The van der Waals surface area contributed by atoms with Crippen LogP contribution in [-0.4, -0.2) is 49.7 Å². The molecule has 1 saturated carbocycles. The van der Waals surface area contributed by atoms with E-state index < -0.39 is 40.2 Å². The maximum Gasteiger partial charge on any atom is 0.255 e. The van der Waals surface area contributed by atoms with E-state index in [1.54, 1.807) is 42.5 Å². The number of hydrogen-bond acceptors (Lipinski definition) is 10. The van der Waals surface area contributed by atoms with E-state index in [1.807, 2.05) is 0 Å². The van der Waals surface area contributed by atoms with E-state index in [1.165, 1.54) is 18.5 Å². The van der Waals surface area contributed by atoms with Gasteiger partial charge in [-0.15, -0.1) is 4.47 Å². The summed E-state index contributed by atoms with van der Waals surface area (Å²) in [6.07, 6.45) is 2.89. The molecule has 0 radical (unpaired) electrons. The molecule has 4 N–H and O–H groups in total. The van der Waals surface area contributed by atoms with Crippen molar-refractivity contribution >= 4 is 23.8 Å². The first-order valence-electron chi connectivity index (χ1n) is 13.6. The predicted molar refractivity (Wildman–Crippen MR) is 154 cm³/mol. The molecule has 1 aliphatic heterocycles. The van der Waals surface area contributed by atoms with Gasteiger partial charge in [0.2, 0.25) is 17.6 Å². The third kappa shape index (κ3) is 6.26. The summed E-state index contributed by atoms with van der Waals surface area (Å²) in [6, 6.07) is 13.8. The second-order valence-electron chi connectivity index (χ2n) is 10.6. The summed E-state index contributed by atoms with van der Waals surface area (Å²) in [5.41, 5.74) is -0.593. The fraction of sp³-hybridized carbons (Fsp3) is 0.276. The number of halogens is 5. The molecule has 44 heavy (non-hydrogen) atoms. The maximum atomic E-state index is 15.1. The molecule has 1 saturated heterocycles. The molecule has 230 valence electrons. The van der Waals surface area contributed by atoms with E-state index in [9.17, 15) is 22.8 Å². The minimum absolute atomic E-state index is 0.0302. The van der Waals surface area contributed by atoms with Crippen LogP contribution in [0.25, 0.3) is 11.3 Å². The van der Waals surface area contributed by atoms with Gasteiger partial charge in [-0.05, 0) is 30.2 Å². The van der Waals surface area contributed by atoms with Crippen molar-refractivity contribution in [2.75, 3.05) is 23.1 Å². The lowest BCUT2D eigenvalue weighted by molar-refractivity contribution is 0.00944. The quantitative estimate of drug-likeness (QED) is 0.0679. The van der Waals surface area contributed by atoms with Crippen LogP contribution >= 0.6 is 12.1 Å². The fourth-order valence-corrected chi connectivity index (χ4v) is 5.74. The Bertz CT molecular complexity index is 1650. The zero-order valence-corrected chi connectivity index (χ0v) is 23.7. The summed E-state index contributed by atoms with van der Waals surface area (Å²) in [7, 11) is 0. The number of nitrogens with zero attached hydrogens (tertiary/aromatic N) is 4. The Hall–Kier alpha value is -4.05. The fourth-order valence-electron chi connectivity index (χ4n) is 5.14. The van der Waals surface area contributed by atoms with Crippen molar-refractivity contribution in [2.24, 2.45) is 5.41 Å². The maximum absolute atomic E-state index is 15.1. The van der Waals surface area contributed by atoms with Gasteiger partial charge in [-0.1, -0.05) is 30.3 Å². The molecule has 4 aromatic rings. The van der Waals surface area contributed by atoms with Crippen molar-refractivity contribution in [3.63, 3.8) is 0 Å². The molecule has 2 atom stereocenters. The van der Waals surface area contributed by atoms with Crippen LogP contribution in [0.2, 0.25) is 0 Å². The van der Waals surface area contributed by atoms with Gasteiger partial charge in [-0.3, -0.25) is 0 Å². The standard InChI is InChI=1S/C29H26F5N7O2S/c30-20-11-22(23(31)24(32)25(20)40-44-41(42)14-17-5-2-1-3-6-17)43-26-19(7-4-9-36-26)21-8-10-37-27(39-21)38-18-12-28(16-35-13-18)15-29(28,33)34/h1-11,18,35,40,42H,12-16H2,(H,37,38,39). The van der Waals surface area contributed by atoms with E-state index in [4.69, 9.17) is 4.74 Å². The number of benzene rings is 2. The molecular formula is C29H26F5N7O2S. The molecule has 0 amide bonds. The van der Waals surface area contributed by atoms with Gasteiger partial charge in [0.1, 0.15) is 5.69 Å². The first-order chi connectivity index (χ1) is 21.1. The van der Waals surface area contributed by atoms with Gasteiger partial charge in [0.15, 0.2) is 17.4 Å². The van der Waals surface area contributed by atoms with E-state index in [0.717, 1.165) is 5.56 Å². The van der Waals surface area contributed by atoms with Crippen LogP contribution in [0.15, 0.2) is 67.0 Å². The summed E-state index contributed by atoms with van der Waals surface area (Å²) in [4.78, 5) is 12.7. The Kier molecular flexibility index (Phi) is 8.28. The number of ether oxygens (including phenoxy) is 1. The Morgan fingerprint density at radius 2 is 1.84 bits per heavy atom. The molecule has 6 rings (SSSR count). The number of pyridine rings is 1. The normalized spacial score (nSPS) is 20.5. The minimum atomic E-state index is -2.70. The lowest BCUT2D eigenvalue weighted by Crippen LogP contribution is -2.46. The third-order valence-electron chi connectivity index (χ3n) is 7.48. The lowest BCUT2D eigenvalue weighted by atomic mass is 9.92. The van der Waals surface area contributed by atoms with E-state index in [-0.39, 0.29) is 49.4 Å². The van der Waals surface area contributed by atoms with Gasteiger partial charge in [-0.2, -0.15) is 4.39 Å². The van der Waals surface area contributed by atoms with Crippen LogP contribution < -0.4 is 20.1 Å². The van der Waals surface area contributed by atoms with Crippen LogP contribution in [0.4, 0.5) is 33.6 Å². The molecule has 2 fully saturated rings. The third-order valence-corrected chi connectivity index (χ3v) is 8.12. The highest BCUT2D eigenvalue weighted by Crippen LogP contribution is 2.63. The van der Waals surface area contributed by atoms with Crippen LogP contribution in [-0.2, 0) is 6.54 Å². The van der Waals surface area contributed by atoms with Crippen molar-refractivity contribution in [1.29, 1.82) is 0 Å². The molecule has 3 heterocycles. The predicted octanol–water partition coefficient (Wildman–Crippen LogP) is 6.41. The Morgan fingerprint density at radius 1 is 1.05 bits per heavy atom. The number of hydroxylamine groups is 1. The van der Waals surface area contributed by atoms with Crippen molar-refractivity contribution in [2.45, 2.75) is 31.4 Å². The molecule has 2 aromatic heterocycles. The molecule has 2 aliphatic rings. The number of piperidine rings is 1. The van der Waals surface area contributed by atoms with E-state index in [0.29, 0.717) is 34.9 Å². The number of nitrogens with one attached hydrogen (secondary N) is 3. The summed E-state index contributed by atoms with van der Waals surface area (Å²) >= 11 is 0.466. The smallest absolute Gasteiger partial charge is 0.255 e. The van der Waals surface area contributed by atoms with Crippen LogP contribution in [0.3, 0.4) is 0 Å². The van der Waals surface area contributed by atoms with Crippen LogP contribution in [0.1, 0.15) is 18.4 Å². The number of alkyl halides is 2. The molecular weight excluding hydrogens is 605 g/mol. The summed E-state index contributed by atoms with van der Waals surface area (Å²) in [5, 5.41) is 16.2. The topological polar surface area (TPSA) is 107 Å². The average molecular weight is 632 g/mol. The van der Waals surface area contributed by atoms with Crippen LogP contribution in [0, 0.1) is 22.9 Å². The van der Waals surface area contributed by atoms with Gasteiger partial charge in [0.25, 0.3) is 5.92 Å². The molecule has 2 aromatic carbocycles. The molecule has 1 aliphatic carbocycles. The first kappa shape index (κ1) is 30.0. The number of anilines is 2. The highest BCUT2D eigenvalue weighted by Gasteiger charge is 2.71. The zero-order valence-electron chi connectivity index (χ0n) is 22.9. The summed E-state index contributed by atoms with van der Waals surface area (Å²) < 4.78 is 81.3. The minimum Gasteiger partial charge on any atom is -0.435 e. The molecule has 9 nitrogen and oxygen atoms in total. The van der Waals surface area contributed by atoms with Gasteiger partial charge in [0.05, 0.1) is 35.4 Å². The highest BCUT2D eigenvalue weighted by atomic mass is 32.2. The lowest BCUT2D eigenvalue weighted by Gasteiger charge is -2.30. The number of rotatable bonds is 10. The Morgan fingerprint density at radius 3 is 2.61 bits per heavy atom. The first-order valence-corrected chi connectivity index (χ1v) is 14.3. The van der Waals surface area contributed by atoms with Crippen molar-refractivity contribution in [3.8, 4) is 22.9 Å². The van der Waals surface area contributed by atoms with Gasteiger partial charge in [-0.25, -0.2) is 32.5 Å². The van der Waals surface area contributed by atoms with Crippen molar-refractivity contribution < 1.29 is 31.9 Å². The Balaban J connectivity index is 1.16. The highest BCUT2D eigenvalue weighted by molar-refractivity contribution is 7.98. The average Bonchev–Trinajstić information content (AvgIpc) is 3.53. The Labute approximate surface area is 253 Å². The molecule has 0 bridgehead atoms. The summed E-state index contributed by atoms with van der Waals surface area (Å²) in [6.45, 7) is 0.732. The second kappa shape index (κ2) is 12.1. The van der Waals surface area contributed by atoms with Gasteiger partial charge < -0.3 is 25.3 Å². The van der Waals surface area contributed by atoms with Crippen molar-refractivity contribution in [1.82, 2.24) is 24.7 Å². The summed E-state index contributed by atoms with van der Waals surface area (Å²) in [5.74, 6) is -7.71. The molecule has 2 unspecified atom stereocenters. The van der Waals surface area contributed by atoms with Gasteiger partial charge in [0, 0.05) is 44.0 Å². The van der Waals surface area contributed by atoms with Crippen LogP contribution in [0.5, 0.6) is 11.6 Å². The second-order valence-corrected chi connectivity index (χ2v) is 11.4. The van der Waals surface area contributed by atoms with Crippen molar-refractivity contribution in [3.05, 3.63) is 90.0 Å². The van der Waals surface area contributed by atoms with E-state index in [2.05, 4.69) is 30.3 Å². The number of hydrogen-bond donors (Lipinski definition) is 4. The SMILES string of the molecule is ON(Cc1ccccc1)SNc1c(F)cc(Oc2ncccc2-c2ccnc(NC3CNCC4(C3)CC4(F)F)n2)c(F)c1F. The largest absolute Gasteiger partial charge is 0.435 e.